The molecule has 0 aliphatic rings. The van der Waals surface area contributed by atoms with Crippen molar-refractivity contribution in [3.63, 3.8) is 0 Å². The smallest absolute Gasteiger partial charge is 0.252 e. The van der Waals surface area contributed by atoms with Crippen molar-refractivity contribution in [1.29, 1.82) is 0 Å². The molecule has 2 aromatic rings. The summed E-state index contributed by atoms with van der Waals surface area (Å²) in [5.41, 5.74) is 6.88. The second-order valence-corrected chi connectivity index (χ2v) is 7.26. The number of carbonyl (C=O) groups excluding carboxylic acids is 1. The van der Waals surface area contributed by atoms with Gasteiger partial charge in [0.2, 0.25) is 0 Å². The molecule has 0 saturated heterocycles. The number of halogens is 2. The molecule has 0 atom stereocenters. The highest BCUT2D eigenvalue weighted by molar-refractivity contribution is 9.11. The molecule has 6 heteroatoms. The van der Waals surface area contributed by atoms with Gasteiger partial charge in [-0.2, -0.15) is 0 Å². The van der Waals surface area contributed by atoms with Crippen LogP contribution in [-0.4, -0.2) is 12.5 Å². The third kappa shape index (κ3) is 3.81. The van der Waals surface area contributed by atoms with Gasteiger partial charge in [-0.1, -0.05) is 6.07 Å². The summed E-state index contributed by atoms with van der Waals surface area (Å²) >= 11 is 8.43. The van der Waals surface area contributed by atoms with Gasteiger partial charge in [-0.15, -0.1) is 11.3 Å². The molecule has 0 saturated carbocycles. The minimum atomic E-state index is -0.116. The van der Waals surface area contributed by atoms with Gasteiger partial charge in [0, 0.05) is 17.1 Å². The summed E-state index contributed by atoms with van der Waals surface area (Å²) < 4.78 is 1.75. The van der Waals surface area contributed by atoms with Crippen LogP contribution in [0.2, 0.25) is 0 Å². The quantitative estimate of drug-likeness (QED) is 0.762. The molecule has 0 fully saturated rings. The Morgan fingerprint density at radius 3 is 2.74 bits per heavy atom. The topological polar surface area (TPSA) is 55.1 Å². The Balaban J connectivity index is 1.93. The van der Waals surface area contributed by atoms with Crippen LogP contribution in [0.1, 0.15) is 15.2 Å². The summed E-state index contributed by atoms with van der Waals surface area (Å²) in [6.07, 6.45) is 0.821. The SMILES string of the molecule is Nc1cccc(C(=O)NCCc2ccc(Br)s2)c1Br. The summed E-state index contributed by atoms with van der Waals surface area (Å²) in [4.78, 5) is 13.2. The fourth-order valence-corrected chi connectivity index (χ4v) is 3.53. The van der Waals surface area contributed by atoms with E-state index >= 15 is 0 Å². The van der Waals surface area contributed by atoms with E-state index in [4.69, 9.17) is 5.73 Å². The number of hydrogen-bond donors (Lipinski definition) is 2. The zero-order valence-corrected chi connectivity index (χ0v) is 13.9. The van der Waals surface area contributed by atoms with Gasteiger partial charge >= 0.3 is 0 Å². The third-order valence-corrected chi connectivity index (χ3v) is 5.13. The highest BCUT2D eigenvalue weighted by Gasteiger charge is 2.11. The molecule has 0 aliphatic carbocycles. The first kappa shape index (κ1) is 14.6. The molecule has 3 nitrogen and oxygen atoms in total. The van der Waals surface area contributed by atoms with Gasteiger partial charge in [-0.25, -0.2) is 0 Å². The van der Waals surface area contributed by atoms with Crippen LogP contribution >= 0.6 is 43.2 Å². The van der Waals surface area contributed by atoms with E-state index in [1.165, 1.54) is 4.88 Å². The second-order valence-electron chi connectivity index (χ2n) is 3.92. The molecule has 0 bridgehead atoms. The number of hydrogen-bond acceptors (Lipinski definition) is 3. The fourth-order valence-electron chi connectivity index (χ4n) is 1.61. The Labute approximate surface area is 132 Å². The lowest BCUT2D eigenvalue weighted by Gasteiger charge is -2.07. The molecular formula is C13H12Br2N2OS. The van der Waals surface area contributed by atoms with Crippen molar-refractivity contribution in [3.8, 4) is 0 Å². The van der Waals surface area contributed by atoms with Gasteiger partial charge < -0.3 is 11.1 Å². The normalized spacial score (nSPS) is 10.4. The number of carbonyl (C=O) groups is 1. The first-order chi connectivity index (χ1) is 9.08. The average molecular weight is 404 g/mol. The Morgan fingerprint density at radius 2 is 2.05 bits per heavy atom. The summed E-state index contributed by atoms with van der Waals surface area (Å²) in [7, 11) is 0. The molecule has 1 heterocycles. The van der Waals surface area contributed by atoms with Crippen LogP contribution in [0.5, 0.6) is 0 Å². The molecule has 1 aromatic carbocycles. The van der Waals surface area contributed by atoms with Crippen LogP contribution in [-0.2, 0) is 6.42 Å². The van der Waals surface area contributed by atoms with E-state index in [1.807, 2.05) is 6.07 Å². The van der Waals surface area contributed by atoms with E-state index in [1.54, 1.807) is 29.5 Å². The summed E-state index contributed by atoms with van der Waals surface area (Å²) in [5, 5.41) is 2.89. The predicted octanol–water partition coefficient (Wildman–Crippen LogP) is 3.83. The summed E-state index contributed by atoms with van der Waals surface area (Å²) in [6.45, 7) is 0.604. The molecule has 0 radical (unpaired) electrons. The van der Waals surface area contributed by atoms with Crippen molar-refractivity contribution in [3.05, 3.63) is 49.0 Å². The van der Waals surface area contributed by atoms with Crippen molar-refractivity contribution >= 4 is 54.8 Å². The number of anilines is 1. The van der Waals surface area contributed by atoms with Crippen molar-refractivity contribution in [2.75, 3.05) is 12.3 Å². The molecular weight excluding hydrogens is 392 g/mol. The van der Waals surface area contributed by atoms with Gasteiger partial charge in [0.15, 0.2) is 0 Å². The monoisotopic (exact) mass is 402 g/mol. The Bertz CT molecular complexity index is 598. The van der Waals surface area contributed by atoms with E-state index < -0.39 is 0 Å². The number of nitrogens with one attached hydrogen (secondary N) is 1. The van der Waals surface area contributed by atoms with Crippen LogP contribution in [0.15, 0.2) is 38.6 Å². The van der Waals surface area contributed by atoms with E-state index in [9.17, 15) is 4.79 Å². The lowest BCUT2D eigenvalue weighted by atomic mass is 10.2. The van der Waals surface area contributed by atoms with E-state index in [0.717, 1.165) is 10.2 Å². The molecule has 0 spiro atoms. The van der Waals surface area contributed by atoms with Crippen LogP contribution < -0.4 is 11.1 Å². The molecule has 19 heavy (non-hydrogen) atoms. The standard InChI is InChI=1S/C13H12Br2N2OS/c14-11-5-4-8(19-11)6-7-17-13(18)9-2-1-3-10(16)12(9)15/h1-5H,6-7,16H2,(H,17,18). The number of nitrogens with two attached hydrogens (primary N) is 1. The zero-order valence-electron chi connectivity index (χ0n) is 9.95. The Kier molecular flexibility index (Phi) is 5.01. The number of benzene rings is 1. The van der Waals surface area contributed by atoms with Crippen LogP contribution in [0.3, 0.4) is 0 Å². The maximum Gasteiger partial charge on any atom is 0.252 e. The number of amides is 1. The van der Waals surface area contributed by atoms with Crippen molar-refractivity contribution in [2.24, 2.45) is 0 Å². The second kappa shape index (κ2) is 6.54. The predicted molar refractivity (Wildman–Crippen MR) is 86.6 cm³/mol. The van der Waals surface area contributed by atoms with Gasteiger partial charge in [-0.3, -0.25) is 4.79 Å². The van der Waals surface area contributed by atoms with Gasteiger partial charge in [0.25, 0.3) is 5.91 Å². The van der Waals surface area contributed by atoms with E-state index in [-0.39, 0.29) is 5.91 Å². The van der Waals surface area contributed by atoms with Crippen LogP contribution in [0.25, 0.3) is 0 Å². The lowest BCUT2D eigenvalue weighted by molar-refractivity contribution is 0.0953. The molecule has 3 N–H and O–H groups in total. The molecule has 1 amide bonds. The lowest BCUT2D eigenvalue weighted by Crippen LogP contribution is -2.26. The number of nitrogen functional groups attached to an aromatic ring is 1. The Morgan fingerprint density at radius 1 is 1.26 bits per heavy atom. The van der Waals surface area contributed by atoms with E-state index in [0.29, 0.717) is 22.3 Å². The van der Waals surface area contributed by atoms with Crippen LogP contribution in [0, 0.1) is 0 Å². The van der Waals surface area contributed by atoms with Gasteiger partial charge in [-0.05, 0) is 62.5 Å². The first-order valence-corrected chi connectivity index (χ1v) is 8.04. The van der Waals surface area contributed by atoms with Crippen LogP contribution in [0.4, 0.5) is 5.69 Å². The number of rotatable bonds is 4. The van der Waals surface area contributed by atoms with Gasteiger partial charge in [0.1, 0.15) is 0 Å². The molecule has 1 aromatic heterocycles. The highest BCUT2D eigenvalue weighted by Crippen LogP contribution is 2.24. The summed E-state index contributed by atoms with van der Waals surface area (Å²) in [6, 6.07) is 9.33. The fraction of sp³-hybridized carbons (Fsp3) is 0.154. The Hall–Kier alpha value is -0.850. The molecule has 100 valence electrons. The minimum Gasteiger partial charge on any atom is -0.398 e. The van der Waals surface area contributed by atoms with Gasteiger partial charge in [0.05, 0.1) is 13.8 Å². The maximum atomic E-state index is 12.0. The molecule has 0 unspecified atom stereocenters. The van der Waals surface area contributed by atoms with E-state index in [2.05, 4.69) is 43.2 Å². The maximum absolute atomic E-state index is 12.0. The highest BCUT2D eigenvalue weighted by atomic mass is 79.9. The zero-order chi connectivity index (χ0) is 13.8. The first-order valence-electron chi connectivity index (χ1n) is 5.64. The summed E-state index contributed by atoms with van der Waals surface area (Å²) in [5.74, 6) is -0.116. The van der Waals surface area contributed by atoms with Crippen molar-refractivity contribution in [1.82, 2.24) is 5.32 Å². The average Bonchev–Trinajstić information content (AvgIpc) is 2.78. The van der Waals surface area contributed by atoms with Crippen molar-refractivity contribution < 1.29 is 4.79 Å². The van der Waals surface area contributed by atoms with Crippen molar-refractivity contribution in [2.45, 2.75) is 6.42 Å². The largest absolute Gasteiger partial charge is 0.398 e. The molecule has 2 rings (SSSR count). The minimum absolute atomic E-state index is 0.116. The number of thiophene rings is 1. The molecule has 0 aliphatic heterocycles. The third-order valence-electron chi connectivity index (χ3n) is 2.56.